The second-order valence-electron chi connectivity index (χ2n) is 5.68. The van der Waals surface area contributed by atoms with E-state index in [0.29, 0.717) is 11.6 Å². The summed E-state index contributed by atoms with van der Waals surface area (Å²) in [7, 11) is 0. The van der Waals surface area contributed by atoms with Gasteiger partial charge in [0.25, 0.3) is 5.91 Å². The SMILES string of the molecule is O=C(NC1CCCCCC1)c1ccccc1-c1ccco1. The minimum Gasteiger partial charge on any atom is -0.464 e. The van der Waals surface area contributed by atoms with Gasteiger partial charge in [-0.25, -0.2) is 0 Å². The monoisotopic (exact) mass is 283 g/mol. The van der Waals surface area contributed by atoms with Gasteiger partial charge in [-0.1, -0.05) is 43.9 Å². The van der Waals surface area contributed by atoms with Crippen molar-refractivity contribution in [3.63, 3.8) is 0 Å². The average molecular weight is 283 g/mol. The molecule has 1 aliphatic rings. The summed E-state index contributed by atoms with van der Waals surface area (Å²) in [6.07, 6.45) is 8.82. The Morgan fingerprint density at radius 1 is 1.00 bits per heavy atom. The van der Waals surface area contributed by atoms with Crippen LogP contribution in [-0.2, 0) is 0 Å². The molecule has 3 nitrogen and oxygen atoms in total. The van der Waals surface area contributed by atoms with Gasteiger partial charge in [-0.15, -0.1) is 0 Å². The molecule has 0 bridgehead atoms. The van der Waals surface area contributed by atoms with Gasteiger partial charge < -0.3 is 9.73 Å². The Balaban J connectivity index is 1.78. The molecule has 110 valence electrons. The average Bonchev–Trinajstić information content (AvgIpc) is 2.93. The summed E-state index contributed by atoms with van der Waals surface area (Å²) in [5.74, 6) is 0.746. The minimum absolute atomic E-state index is 0.00824. The maximum Gasteiger partial charge on any atom is 0.252 e. The molecule has 3 rings (SSSR count). The molecular formula is C18H21NO2. The maximum atomic E-state index is 12.6. The van der Waals surface area contributed by atoms with Crippen molar-refractivity contribution >= 4 is 5.91 Å². The van der Waals surface area contributed by atoms with Crippen molar-refractivity contribution in [2.75, 3.05) is 0 Å². The highest BCUT2D eigenvalue weighted by Crippen LogP contribution is 2.25. The molecule has 0 aliphatic heterocycles. The van der Waals surface area contributed by atoms with E-state index in [-0.39, 0.29) is 5.91 Å². The van der Waals surface area contributed by atoms with Crippen LogP contribution in [0.15, 0.2) is 47.1 Å². The number of rotatable bonds is 3. The molecule has 0 saturated heterocycles. The van der Waals surface area contributed by atoms with Crippen molar-refractivity contribution in [3.8, 4) is 11.3 Å². The van der Waals surface area contributed by atoms with E-state index in [9.17, 15) is 4.79 Å². The van der Waals surface area contributed by atoms with E-state index in [1.54, 1.807) is 6.26 Å². The highest BCUT2D eigenvalue weighted by Gasteiger charge is 2.18. The Hall–Kier alpha value is -2.03. The van der Waals surface area contributed by atoms with Gasteiger partial charge in [-0.05, 0) is 31.0 Å². The fraction of sp³-hybridized carbons (Fsp3) is 0.389. The summed E-state index contributed by atoms with van der Waals surface area (Å²) < 4.78 is 5.44. The summed E-state index contributed by atoms with van der Waals surface area (Å²) in [6.45, 7) is 0. The first kappa shape index (κ1) is 13.9. The summed E-state index contributed by atoms with van der Waals surface area (Å²) in [4.78, 5) is 12.6. The zero-order valence-electron chi connectivity index (χ0n) is 12.2. The molecule has 3 heteroatoms. The van der Waals surface area contributed by atoms with Crippen LogP contribution in [0.2, 0.25) is 0 Å². The highest BCUT2D eigenvalue weighted by atomic mass is 16.3. The third-order valence-electron chi connectivity index (χ3n) is 4.15. The molecule has 1 heterocycles. The standard InChI is InChI=1S/C18H21NO2/c20-18(19-14-8-3-1-2-4-9-14)16-11-6-5-10-15(16)17-12-7-13-21-17/h5-7,10-14H,1-4,8-9H2,(H,19,20). The first-order valence-electron chi connectivity index (χ1n) is 7.78. The summed E-state index contributed by atoms with van der Waals surface area (Å²) >= 11 is 0. The smallest absolute Gasteiger partial charge is 0.252 e. The quantitative estimate of drug-likeness (QED) is 0.848. The summed E-state index contributed by atoms with van der Waals surface area (Å²) in [6, 6.07) is 11.7. The predicted molar refractivity (Wildman–Crippen MR) is 83.1 cm³/mol. The number of hydrogen-bond donors (Lipinski definition) is 1. The Morgan fingerprint density at radius 2 is 1.76 bits per heavy atom. The lowest BCUT2D eigenvalue weighted by molar-refractivity contribution is 0.0934. The van der Waals surface area contributed by atoms with Crippen LogP contribution in [0.3, 0.4) is 0 Å². The third-order valence-corrected chi connectivity index (χ3v) is 4.15. The topological polar surface area (TPSA) is 42.2 Å². The van der Waals surface area contributed by atoms with Crippen LogP contribution in [0.25, 0.3) is 11.3 Å². The minimum atomic E-state index is 0.00824. The van der Waals surface area contributed by atoms with Crippen LogP contribution in [0.1, 0.15) is 48.9 Å². The Morgan fingerprint density at radius 3 is 2.48 bits per heavy atom. The van der Waals surface area contributed by atoms with Crippen molar-refractivity contribution in [1.82, 2.24) is 5.32 Å². The second-order valence-corrected chi connectivity index (χ2v) is 5.68. The van der Waals surface area contributed by atoms with E-state index in [0.717, 1.165) is 24.2 Å². The molecule has 0 atom stereocenters. The van der Waals surface area contributed by atoms with E-state index in [1.165, 1.54) is 25.7 Å². The van der Waals surface area contributed by atoms with Gasteiger partial charge in [0.1, 0.15) is 5.76 Å². The van der Waals surface area contributed by atoms with Crippen LogP contribution in [-0.4, -0.2) is 11.9 Å². The normalized spacial score (nSPS) is 16.4. The van der Waals surface area contributed by atoms with Crippen molar-refractivity contribution < 1.29 is 9.21 Å². The summed E-state index contributed by atoms with van der Waals surface area (Å²) in [5, 5.41) is 3.20. The van der Waals surface area contributed by atoms with Gasteiger partial charge >= 0.3 is 0 Å². The number of benzene rings is 1. The number of hydrogen-bond acceptors (Lipinski definition) is 2. The molecule has 1 aliphatic carbocycles. The maximum absolute atomic E-state index is 12.6. The fourth-order valence-electron chi connectivity index (χ4n) is 3.01. The third kappa shape index (κ3) is 3.35. The van der Waals surface area contributed by atoms with Gasteiger partial charge in [0.15, 0.2) is 0 Å². The van der Waals surface area contributed by atoms with E-state index in [2.05, 4.69) is 5.32 Å². The van der Waals surface area contributed by atoms with E-state index >= 15 is 0 Å². The molecule has 0 unspecified atom stereocenters. The fourth-order valence-corrected chi connectivity index (χ4v) is 3.01. The number of amides is 1. The predicted octanol–water partition coefficient (Wildman–Crippen LogP) is 4.40. The van der Waals surface area contributed by atoms with Crippen LogP contribution >= 0.6 is 0 Å². The van der Waals surface area contributed by atoms with E-state index in [4.69, 9.17) is 4.42 Å². The van der Waals surface area contributed by atoms with Crippen molar-refractivity contribution in [3.05, 3.63) is 48.2 Å². The highest BCUT2D eigenvalue weighted by molar-refractivity contribution is 6.00. The molecule has 1 aromatic heterocycles. The van der Waals surface area contributed by atoms with Crippen LogP contribution in [0.5, 0.6) is 0 Å². The molecule has 1 fully saturated rings. The molecule has 0 spiro atoms. The largest absolute Gasteiger partial charge is 0.464 e. The van der Waals surface area contributed by atoms with Gasteiger partial charge in [-0.2, -0.15) is 0 Å². The Kier molecular flexibility index (Phi) is 4.39. The van der Waals surface area contributed by atoms with Crippen molar-refractivity contribution in [1.29, 1.82) is 0 Å². The first-order chi connectivity index (χ1) is 10.3. The Bertz CT molecular complexity index is 581. The van der Waals surface area contributed by atoms with Crippen LogP contribution < -0.4 is 5.32 Å². The molecule has 1 saturated carbocycles. The lowest BCUT2D eigenvalue weighted by atomic mass is 10.0. The number of nitrogens with one attached hydrogen (secondary N) is 1. The van der Waals surface area contributed by atoms with Crippen LogP contribution in [0.4, 0.5) is 0 Å². The zero-order valence-corrected chi connectivity index (χ0v) is 12.2. The molecule has 0 radical (unpaired) electrons. The molecule has 1 aromatic carbocycles. The van der Waals surface area contributed by atoms with Gasteiger partial charge in [-0.3, -0.25) is 4.79 Å². The zero-order chi connectivity index (χ0) is 14.5. The van der Waals surface area contributed by atoms with Gasteiger partial charge in [0.05, 0.1) is 11.8 Å². The molecule has 21 heavy (non-hydrogen) atoms. The van der Waals surface area contributed by atoms with Crippen molar-refractivity contribution in [2.24, 2.45) is 0 Å². The lowest BCUT2D eigenvalue weighted by Gasteiger charge is -2.17. The Labute approximate surface area is 125 Å². The second kappa shape index (κ2) is 6.61. The lowest BCUT2D eigenvalue weighted by Crippen LogP contribution is -2.34. The molecular weight excluding hydrogens is 262 g/mol. The molecule has 2 aromatic rings. The summed E-state index contributed by atoms with van der Waals surface area (Å²) in [5.41, 5.74) is 1.55. The number of furan rings is 1. The van der Waals surface area contributed by atoms with Gasteiger partial charge in [0, 0.05) is 11.6 Å². The molecule has 1 N–H and O–H groups in total. The first-order valence-corrected chi connectivity index (χ1v) is 7.78. The number of carbonyl (C=O) groups is 1. The molecule has 1 amide bonds. The van der Waals surface area contributed by atoms with E-state index in [1.807, 2.05) is 36.4 Å². The van der Waals surface area contributed by atoms with Crippen molar-refractivity contribution in [2.45, 2.75) is 44.6 Å². The van der Waals surface area contributed by atoms with E-state index < -0.39 is 0 Å². The van der Waals surface area contributed by atoms with Crippen LogP contribution in [0, 0.1) is 0 Å². The van der Waals surface area contributed by atoms with Gasteiger partial charge in [0.2, 0.25) is 0 Å². The number of carbonyl (C=O) groups excluding carboxylic acids is 1.